The average molecular weight is 671 g/mol. The van der Waals surface area contributed by atoms with Crippen molar-refractivity contribution in [3.05, 3.63) is 71.7 Å². The van der Waals surface area contributed by atoms with Crippen LogP contribution < -0.4 is 20.5 Å². The third kappa shape index (κ3) is 9.68. The third-order valence-corrected chi connectivity index (χ3v) is 7.20. The lowest BCUT2D eigenvalue weighted by Crippen LogP contribution is -2.46. The van der Waals surface area contributed by atoms with Crippen LogP contribution in [0.2, 0.25) is 0 Å². The lowest BCUT2D eigenvalue weighted by Gasteiger charge is -2.28. The molecule has 0 unspecified atom stereocenters. The maximum atomic E-state index is 14.8. The molecule has 0 aliphatic rings. The number of aromatic nitrogens is 3. The molecule has 4 aromatic rings. The molecule has 2 heterocycles. The van der Waals surface area contributed by atoms with Crippen molar-refractivity contribution in [3.63, 3.8) is 0 Å². The number of carboxylic acid groups (broad SMARTS) is 1. The maximum absolute atomic E-state index is 14.8. The van der Waals surface area contributed by atoms with Crippen molar-refractivity contribution in [3.8, 4) is 17.0 Å². The molecule has 258 valence electrons. The van der Waals surface area contributed by atoms with Crippen molar-refractivity contribution >= 4 is 35.5 Å². The SMILES string of the molecule is CCOC(=O)C[N+](C)(C)CCOCCNC(=O)c1ccc(Nc2nccn3c(-c4ccc(OC)c(F)c4F)cnc23)cc1CC.O=C[O-]. The van der Waals surface area contributed by atoms with Gasteiger partial charge in [0, 0.05) is 42.2 Å². The molecule has 0 aliphatic carbocycles. The van der Waals surface area contributed by atoms with Crippen molar-refractivity contribution in [1.29, 1.82) is 0 Å². The van der Waals surface area contributed by atoms with Crippen LogP contribution in [-0.2, 0) is 25.5 Å². The summed E-state index contributed by atoms with van der Waals surface area (Å²) in [6, 6.07) is 8.16. The Balaban J connectivity index is 0.00000201. The van der Waals surface area contributed by atoms with E-state index < -0.39 is 18.1 Å². The van der Waals surface area contributed by atoms with E-state index >= 15 is 0 Å². The number of benzene rings is 2. The predicted molar refractivity (Wildman–Crippen MR) is 172 cm³/mol. The Morgan fingerprint density at radius 3 is 2.52 bits per heavy atom. The van der Waals surface area contributed by atoms with Crippen molar-refractivity contribution in [1.82, 2.24) is 19.7 Å². The Bertz CT molecular complexity index is 1710. The molecular weight excluding hydrogens is 630 g/mol. The normalized spacial score (nSPS) is 11.0. The second kappa shape index (κ2) is 17.7. The predicted octanol–water partition coefficient (Wildman–Crippen LogP) is 2.74. The summed E-state index contributed by atoms with van der Waals surface area (Å²) in [6.07, 6.45) is 5.20. The number of quaternary nitrogens is 1. The number of fused-ring (bicyclic) bond motifs is 1. The van der Waals surface area contributed by atoms with Crippen LogP contribution in [0.1, 0.15) is 29.8 Å². The number of hydrogen-bond acceptors (Lipinski definition) is 10. The van der Waals surface area contributed by atoms with Crippen LogP contribution in [-0.4, -0.2) is 97.9 Å². The summed E-state index contributed by atoms with van der Waals surface area (Å²) in [6.45, 7) is 5.58. The zero-order valence-corrected chi connectivity index (χ0v) is 27.5. The molecule has 2 aromatic heterocycles. The highest BCUT2D eigenvalue weighted by atomic mass is 19.2. The van der Waals surface area contributed by atoms with Gasteiger partial charge in [-0.1, -0.05) is 6.92 Å². The van der Waals surface area contributed by atoms with Gasteiger partial charge in [-0.25, -0.2) is 19.2 Å². The first-order valence-corrected chi connectivity index (χ1v) is 15.1. The quantitative estimate of drug-likeness (QED) is 0.0835. The molecule has 0 bridgehead atoms. The highest BCUT2D eigenvalue weighted by molar-refractivity contribution is 5.96. The van der Waals surface area contributed by atoms with Crippen LogP contribution in [0.3, 0.4) is 0 Å². The number of amides is 1. The summed E-state index contributed by atoms with van der Waals surface area (Å²) in [5, 5.41) is 14.4. The van der Waals surface area contributed by atoms with Gasteiger partial charge in [0.15, 0.2) is 29.6 Å². The third-order valence-electron chi connectivity index (χ3n) is 7.20. The van der Waals surface area contributed by atoms with E-state index in [0.717, 1.165) is 5.56 Å². The fourth-order valence-electron chi connectivity index (χ4n) is 4.80. The van der Waals surface area contributed by atoms with Crippen molar-refractivity contribution in [2.24, 2.45) is 0 Å². The highest BCUT2D eigenvalue weighted by Crippen LogP contribution is 2.31. The standard InChI is InChI=1S/C32H38F2N6O5.CH2O2/c1-6-21-18-22(8-9-23(21)32(42)36-13-16-44-17-15-40(3,4)20-27(41)45-7-2)38-30-31-37-19-25(39(31)14-12-35-30)24-10-11-26(43-5)29(34)28(24)33;2-1-3/h8-12,14,18-19H,6-7,13,15-17,20H2,1-5H3,(H-,35,36,38,42);1H,(H,2,3). The largest absolute Gasteiger partial charge is 0.554 e. The van der Waals surface area contributed by atoms with E-state index in [1.807, 2.05) is 27.1 Å². The number of carbonyl (C=O) groups excluding carboxylic acids is 3. The summed E-state index contributed by atoms with van der Waals surface area (Å²) >= 11 is 0. The van der Waals surface area contributed by atoms with E-state index in [1.165, 1.54) is 31.6 Å². The number of likely N-dealkylation sites (N-methyl/N-ethyl adjacent to an activating group) is 1. The molecule has 2 aromatic carbocycles. The van der Waals surface area contributed by atoms with E-state index in [0.29, 0.717) is 72.2 Å². The lowest BCUT2D eigenvalue weighted by atomic mass is 10.0. The summed E-state index contributed by atoms with van der Waals surface area (Å²) in [4.78, 5) is 41.7. The van der Waals surface area contributed by atoms with Crippen molar-refractivity contribution in [2.45, 2.75) is 20.3 Å². The number of nitrogens with zero attached hydrogens (tertiary/aromatic N) is 4. The molecule has 4 rings (SSSR count). The number of methoxy groups -OCH3 is 1. The van der Waals surface area contributed by atoms with Gasteiger partial charge >= 0.3 is 5.97 Å². The second-order valence-electron chi connectivity index (χ2n) is 11.0. The Morgan fingerprint density at radius 2 is 1.83 bits per heavy atom. The van der Waals surface area contributed by atoms with Crippen LogP contribution in [0, 0.1) is 11.6 Å². The van der Waals surface area contributed by atoms with Crippen LogP contribution >= 0.6 is 0 Å². The first-order valence-electron chi connectivity index (χ1n) is 15.1. The average Bonchev–Trinajstić information content (AvgIpc) is 3.49. The van der Waals surface area contributed by atoms with E-state index in [2.05, 4.69) is 20.6 Å². The number of anilines is 2. The summed E-state index contributed by atoms with van der Waals surface area (Å²) in [5.74, 6) is -2.36. The minimum absolute atomic E-state index is 0.0315. The van der Waals surface area contributed by atoms with Crippen LogP contribution in [0.5, 0.6) is 5.75 Å². The molecule has 0 fully saturated rings. The number of carbonyl (C=O) groups is 3. The van der Waals surface area contributed by atoms with E-state index in [9.17, 15) is 18.4 Å². The fraction of sp³-hybridized carbons (Fsp3) is 0.364. The van der Waals surface area contributed by atoms with Crippen LogP contribution in [0.4, 0.5) is 20.3 Å². The monoisotopic (exact) mass is 670 g/mol. The molecule has 2 N–H and O–H groups in total. The van der Waals surface area contributed by atoms with Gasteiger partial charge in [0.05, 0.1) is 52.9 Å². The number of imidazole rings is 1. The number of ether oxygens (including phenoxy) is 3. The number of halogens is 2. The summed E-state index contributed by atoms with van der Waals surface area (Å²) in [7, 11) is 5.14. The molecule has 0 saturated heterocycles. The smallest absolute Gasteiger partial charge is 0.361 e. The van der Waals surface area contributed by atoms with E-state index in [1.54, 1.807) is 29.7 Å². The maximum Gasteiger partial charge on any atom is 0.361 e. The first-order chi connectivity index (χ1) is 23.0. The number of hydrogen-bond donors (Lipinski definition) is 2. The van der Waals surface area contributed by atoms with Crippen molar-refractivity contribution in [2.75, 3.05) is 66.0 Å². The van der Waals surface area contributed by atoms with Crippen molar-refractivity contribution < 1.29 is 47.0 Å². The molecule has 0 aliphatic heterocycles. The fourth-order valence-corrected chi connectivity index (χ4v) is 4.80. The summed E-state index contributed by atoms with van der Waals surface area (Å²) < 4.78 is 46.8. The molecule has 0 radical (unpaired) electrons. The minimum Gasteiger partial charge on any atom is -0.554 e. The van der Waals surface area contributed by atoms with Gasteiger partial charge in [0.25, 0.3) is 5.91 Å². The highest BCUT2D eigenvalue weighted by Gasteiger charge is 2.21. The Hall–Kier alpha value is -5.15. The Morgan fingerprint density at radius 1 is 1.08 bits per heavy atom. The zero-order valence-electron chi connectivity index (χ0n) is 27.5. The molecule has 13 nitrogen and oxygen atoms in total. The summed E-state index contributed by atoms with van der Waals surface area (Å²) in [5.41, 5.74) is 2.83. The molecule has 48 heavy (non-hydrogen) atoms. The van der Waals surface area contributed by atoms with Gasteiger partial charge < -0.3 is 39.2 Å². The van der Waals surface area contributed by atoms with Gasteiger partial charge in [-0.3, -0.25) is 9.20 Å². The number of esters is 1. The van der Waals surface area contributed by atoms with Gasteiger partial charge in [-0.2, -0.15) is 4.39 Å². The number of rotatable bonds is 15. The zero-order chi connectivity index (χ0) is 35.3. The molecule has 15 heteroatoms. The second-order valence-corrected chi connectivity index (χ2v) is 11.0. The van der Waals surface area contributed by atoms with Gasteiger partial charge in [-0.15, -0.1) is 0 Å². The van der Waals surface area contributed by atoms with Crippen LogP contribution in [0.25, 0.3) is 16.9 Å². The molecule has 0 spiro atoms. The minimum atomic E-state index is -1.08. The van der Waals surface area contributed by atoms with Gasteiger partial charge in [-0.05, 0) is 49.2 Å². The number of aryl methyl sites for hydroxylation is 1. The van der Waals surface area contributed by atoms with Gasteiger partial charge in [0.2, 0.25) is 5.82 Å². The topological polar surface area (TPSA) is 156 Å². The van der Waals surface area contributed by atoms with E-state index in [4.69, 9.17) is 24.1 Å². The molecular formula is C33H40F2N6O7. The molecule has 0 saturated carbocycles. The Labute approximate surface area is 277 Å². The Kier molecular flexibility index (Phi) is 13.7. The number of nitrogens with one attached hydrogen (secondary N) is 2. The van der Waals surface area contributed by atoms with Gasteiger partial charge in [0.1, 0.15) is 6.54 Å². The molecule has 1 amide bonds. The molecule has 0 atom stereocenters. The van der Waals surface area contributed by atoms with Crippen LogP contribution in [0.15, 0.2) is 48.9 Å². The van der Waals surface area contributed by atoms with E-state index in [-0.39, 0.29) is 29.7 Å². The lowest BCUT2D eigenvalue weighted by molar-refractivity contribution is -0.883. The first kappa shape index (κ1) is 37.3.